The Morgan fingerprint density at radius 3 is 2.50 bits per heavy atom. The van der Waals surface area contributed by atoms with E-state index in [1.807, 2.05) is 72.5 Å². The predicted octanol–water partition coefficient (Wildman–Crippen LogP) is 5.40. The van der Waals surface area contributed by atoms with E-state index in [4.69, 9.17) is 19.2 Å². The molecule has 0 saturated heterocycles. The number of benzene rings is 3. The number of rotatable bonds is 9. The third-order valence-electron chi connectivity index (χ3n) is 8.02. The van der Waals surface area contributed by atoms with Gasteiger partial charge in [-0.2, -0.15) is 4.98 Å². The molecule has 11 nitrogen and oxygen atoms in total. The van der Waals surface area contributed by atoms with Crippen LogP contribution in [0.3, 0.4) is 0 Å². The third kappa shape index (κ3) is 5.47. The molecule has 0 fully saturated rings. The molecule has 0 saturated carbocycles. The molecule has 1 aliphatic heterocycles. The van der Waals surface area contributed by atoms with E-state index < -0.39 is 0 Å². The lowest BCUT2D eigenvalue weighted by atomic mass is 10.1. The van der Waals surface area contributed by atoms with Crippen LogP contribution in [0.15, 0.2) is 90.4 Å². The van der Waals surface area contributed by atoms with Crippen LogP contribution < -0.4 is 34.9 Å². The number of nitrogens with one attached hydrogen (secondary N) is 1. The van der Waals surface area contributed by atoms with E-state index in [0.29, 0.717) is 65.2 Å². The number of para-hydroxylation sites is 1. The molecule has 1 N–H and O–H groups in total. The van der Waals surface area contributed by atoms with E-state index in [-0.39, 0.29) is 11.5 Å². The van der Waals surface area contributed by atoms with Crippen LogP contribution in [-0.4, -0.2) is 54.9 Å². The second kappa shape index (κ2) is 12.6. The Balaban J connectivity index is 1.48. The Labute approximate surface area is 266 Å². The molecular formula is C35H34N6O5. The lowest BCUT2D eigenvalue weighted by molar-refractivity contribution is -0.114. The lowest BCUT2D eigenvalue weighted by Gasteiger charge is -2.38. The monoisotopic (exact) mass is 618 g/mol. The maximum atomic E-state index is 14.6. The van der Waals surface area contributed by atoms with Crippen LogP contribution in [0.2, 0.25) is 0 Å². The van der Waals surface area contributed by atoms with Crippen LogP contribution in [0.25, 0.3) is 16.7 Å². The highest BCUT2D eigenvalue weighted by atomic mass is 16.5. The standard InChI is InChI=1S/C35H34N6O5/c1-6-31(42)40-16-15-39(28-12-7-9-22(2)32(28)40)29-17-24-21-37-35(36-20-23-13-14-27(45-4)19-30(23)46-5)38-33(24)41(34(29)43)25-10-8-11-26(18-25)44-3/h6-14,17-19,21H,1,15-16,20H2,2-5H3,(H,36,37,38). The summed E-state index contributed by atoms with van der Waals surface area (Å²) in [6, 6.07) is 20.4. The average Bonchev–Trinajstić information content (AvgIpc) is 3.09. The van der Waals surface area contributed by atoms with Gasteiger partial charge in [-0.25, -0.2) is 4.98 Å². The summed E-state index contributed by atoms with van der Waals surface area (Å²) in [5.74, 6) is 2.09. The van der Waals surface area contributed by atoms with Gasteiger partial charge in [0.05, 0.1) is 38.4 Å². The van der Waals surface area contributed by atoms with E-state index in [0.717, 1.165) is 22.5 Å². The van der Waals surface area contributed by atoms with Crippen molar-refractivity contribution in [1.29, 1.82) is 0 Å². The molecule has 5 aromatic rings. The van der Waals surface area contributed by atoms with Crippen molar-refractivity contribution in [3.05, 3.63) is 107 Å². The first kappa shape index (κ1) is 30.2. The van der Waals surface area contributed by atoms with Crippen molar-refractivity contribution in [1.82, 2.24) is 14.5 Å². The van der Waals surface area contributed by atoms with E-state index in [1.165, 1.54) is 6.08 Å². The number of methoxy groups -OCH3 is 3. The number of hydrogen-bond donors (Lipinski definition) is 1. The van der Waals surface area contributed by atoms with E-state index in [1.54, 1.807) is 43.1 Å². The Morgan fingerprint density at radius 2 is 1.74 bits per heavy atom. The number of aromatic nitrogens is 3. The highest BCUT2D eigenvalue weighted by Gasteiger charge is 2.30. The summed E-state index contributed by atoms with van der Waals surface area (Å²) in [5, 5.41) is 3.92. The second-order valence-electron chi connectivity index (χ2n) is 10.7. The van der Waals surface area contributed by atoms with Gasteiger partial charge in [0.15, 0.2) is 5.65 Å². The fourth-order valence-corrected chi connectivity index (χ4v) is 5.75. The number of nitrogens with zero attached hydrogens (tertiary/aromatic N) is 5. The molecule has 2 aromatic heterocycles. The SMILES string of the molecule is C=CC(=O)N1CCN(c2cc3cnc(NCc4ccc(OC)cc4OC)nc3n(-c3cccc(OC)c3)c2=O)c2cccc(C)c21. The van der Waals surface area contributed by atoms with Gasteiger partial charge in [0.25, 0.3) is 11.5 Å². The van der Waals surface area contributed by atoms with Crippen LogP contribution >= 0.6 is 0 Å². The molecule has 1 amide bonds. The Kier molecular flexibility index (Phi) is 8.30. The summed E-state index contributed by atoms with van der Waals surface area (Å²) in [7, 11) is 4.79. The Bertz CT molecular complexity index is 2020. The zero-order chi connectivity index (χ0) is 32.4. The highest BCUT2D eigenvalue weighted by molar-refractivity contribution is 6.05. The number of anilines is 4. The van der Waals surface area contributed by atoms with Crippen LogP contribution in [-0.2, 0) is 11.3 Å². The highest BCUT2D eigenvalue weighted by Crippen LogP contribution is 2.40. The van der Waals surface area contributed by atoms with Crippen LogP contribution in [0, 0.1) is 6.92 Å². The number of carbonyl (C=O) groups excluding carboxylic acids is 1. The summed E-state index contributed by atoms with van der Waals surface area (Å²) >= 11 is 0. The smallest absolute Gasteiger partial charge is 0.280 e. The van der Waals surface area contributed by atoms with E-state index in [2.05, 4.69) is 16.9 Å². The summed E-state index contributed by atoms with van der Waals surface area (Å²) in [6.45, 7) is 6.79. The van der Waals surface area contributed by atoms with Crippen molar-refractivity contribution in [2.75, 3.05) is 49.5 Å². The lowest BCUT2D eigenvalue weighted by Crippen LogP contribution is -2.43. The number of aryl methyl sites for hydroxylation is 1. The van der Waals surface area contributed by atoms with Gasteiger partial charge in [0.1, 0.15) is 22.9 Å². The molecule has 3 aromatic carbocycles. The number of ether oxygens (including phenoxy) is 3. The van der Waals surface area contributed by atoms with Crippen LogP contribution in [0.1, 0.15) is 11.1 Å². The maximum absolute atomic E-state index is 14.6. The summed E-state index contributed by atoms with van der Waals surface area (Å²) in [6.07, 6.45) is 3.01. The zero-order valence-corrected chi connectivity index (χ0v) is 26.1. The van der Waals surface area contributed by atoms with E-state index in [9.17, 15) is 9.59 Å². The largest absolute Gasteiger partial charge is 0.497 e. The topological polar surface area (TPSA) is 111 Å². The minimum absolute atomic E-state index is 0.191. The van der Waals surface area contributed by atoms with Crippen molar-refractivity contribution in [2.45, 2.75) is 13.5 Å². The second-order valence-corrected chi connectivity index (χ2v) is 10.7. The number of pyridine rings is 1. The van der Waals surface area contributed by atoms with Crippen molar-refractivity contribution < 1.29 is 19.0 Å². The maximum Gasteiger partial charge on any atom is 0.280 e. The summed E-state index contributed by atoms with van der Waals surface area (Å²) in [5.41, 5.74) is 4.46. The fourth-order valence-electron chi connectivity index (χ4n) is 5.75. The summed E-state index contributed by atoms with van der Waals surface area (Å²) in [4.78, 5) is 40.4. The summed E-state index contributed by atoms with van der Waals surface area (Å²) < 4.78 is 17.9. The molecule has 46 heavy (non-hydrogen) atoms. The number of fused-ring (bicyclic) bond motifs is 2. The van der Waals surface area contributed by atoms with Gasteiger partial charge in [-0.05, 0) is 55.0 Å². The average molecular weight is 619 g/mol. The first-order chi connectivity index (χ1) is 22.4. The van der Waals surface area contributed by atoms with Gasteiger partial charge in [0.2, 0.25) is 5.95 Å². The zero-order valence-electron chi connectivity index (χ0n) is 26.1. The van der Waals surface area contributed by atoms with Crippen molar-refractivity contribution >= 4 is 40.0 Å². The molecule has 0 atom stereocenters. The van der Waals surface area contributed by atoms with Gasteiger partial charge in [-0.15, -0.1) is 0 Å². The first-order valence-electron chi connectivity index (χ1n) is 14.7. The first-order valence-corrected chi connectivity index (χ1v) is 14.7. The van der Waals surface area contributed by atoms with Crippen LogP contribution in [0.5, 0.6) is 17.2 Å². The Hall–Kier alpha value is -5.84. The van der Waals surface area contributed by atoms with Gasteiger partial charge in [0, 0.05) is 48.9 Å². The number of carbonyl (C=O) groups is 1. The van der Waals surface area contributed by atoms with Gasteiger partial charge >= 0.3 is 0 Å². The molecule has 0 bridgehead atoms. The van der Waals surface area contributed by atoms with Gasteiger partial charge in [-0.3, -0.25) is 14.2 Å². The molecule has 234 valence electrons. The quantitative estimate of drug-likeness (QED) is 0.217. The minimum Gasteiger partial charge on any atom is -0.497 e. The molecule has 11 heteroatoms. The minimum atomic E-state index is -0.279. The normalized spacial score (nSPS) is 12.4. The van der Waals surface area contributed by atoms with Gasteiger partial charge in [-0.1, -0.05) is 24.8 Å². The van der Waals surface area contributed by atoms with Crippen molar-refractivity contribution in [3.63, 3.8) is 0 Å². The Morgan fingerprint density at radius 1 is 0.957 bits per heavy atom. The van der Waals surface area contributed by atoms with Gasteiger partial charge < -0.3 is 29.3 Å². The molecule has 1 aliphatic rings. The van der Waals surface area contributed by atoms with Crippen molar-refractivity contribution in [2.24, 2.45) is 0 Å². The number of amides is 1. The molecule has 6 rings (SSSR count). The fraction of sp³-hybridized carbons (Fsp3) is 0.200. The van der Waals surface area contributed by atoms with E-state index >= 15 is 0 Å². The molecule has 3 heterocycles. The molecule has 0 radical (unpaired) electrons. The number of hydrogen-bond acceptors (Lipinski definition) is 9. The molecule has 0 aliphatic carbocycles. The molecular weight excluding hydrogens is 584 g/mol. The molecule has 0 unspecified atom stereocenters. The van der Waals surface area contributed by atoms with Crippen LogP contribution in [0.4, 0.5) is 23.0 Å². The molecule has 0 spiro atoms. The third-order valence-corrected chi connectivity index (χ3v) is 8.02. The predicted molar refractivity (Wildman–Crippen MR) is 179 cm³/mol. The van der Waals surface area contributed by atoms with Crippen molar-refractivity contribution in [3.8, 4) is 22.9 Å².